The van der Waals surface area contributed by atoms with Crippen molar-refractivity contribution in [2.75, 3.05) is 5.32 Å². The number of aromatic nitrogens is 2. The van der Waals surface area contributed by atoms with E-state index in [1.165, 1.54) is 6.08 Å². The van der Waals surface area contributed by atoms with Crippen molar-refractivity contribution in [2.24, 2.45) is 0 Å². The molecule has 188 valence electrons. The van der Waals surface area contributed by atoms with Gasteiger partial charge in [-0.25, -0.2) is 18.6 Å². The summed E-state index contributed by atoms with van der Waals surface area (Å²) in [5, 5.41) is 13.6. The summed E-state index contributed by atoms with van der Waals surface area (Å²) >= 11 is 6.06. The number of benzene rings is 3. The van der Waals surface area contributed by atoms with Crippen LogP contribution < -0.4 is 5.32 Å². The summed E-state index contributed by atoms with van der Waals surface area (Å²) in [7, 11) is 0. The molecule has 0 saturated carbocycles. The molecule has 0 unspecified atom stereocenters. The first kappa shape index (κ1) is 24.9. The number of halogens is 3. The fraction of sp³-hybridized carbons (Fsp3) is 0. The van der Waals surface area contributed by atoms with Gasteiger partial charge in [0.25, 0.3) is 0 Å². The second-order valence-corrected chi connectivity index (χ2v) is 8.82. The third-order valence-corrected chi connectivity index (χ3v) is 5.98. The van der Waals surface area contributed by atoms with Crippen molar-refractivity contribution >= 4 is 69.2 Å². The van der Waals surface area contributed by atoms with Crippen molar-refractivity contribution in [2.45, 2.75) is 0 Å². The highest BCUT2D eigenvalue weighted by Gasteiger charge is 2.19. The number of carbonyl (C=O) groups excluding carboxylic acids is 1. The molecule has 3 aromatic carbocycles. The number of nitrogens with zero attached hydrogens (tertiary/aromatic N) is 1. The molecule has 0 radical (unpaired) electrons. The highest BCUT2D eigenvalue weighted by atomic mass is 35.5. The minimum Gasteiger partial charge on any atom is -0.477 e. The van der Waals surface area contributed by atoms with Crippen molar-refractivity contribution in [3.8, 4) is 0 Å². The van der Waals surface area contributed by atoms with Gasteiger partial charge in [0.15, 0.2) is 0 Å². The van der Waals surface area contributed by atoms with E-state index >= 15 is 0 Å². The summed E-state index contributed by atoms with van der Waals surface area (Å²) in [6.07, 6.45) is 5.95. The number of carboxylic acid groups (broad SMARTS) is 1. The van der Waals surface area contributed by atoms with Crippen LogP contribution in [0.2, 0.25) is 5.02 Å². The van der Waals surface area contributed by atoms with E-state index in [9.17, 15) is 23.5 Å². The van der Waals surface area contributed by atoms with Crippen LogP contribution in [0.1, 0.15) is 27.3 Å². The van der Waals surface area contributed by atoms with Crippen LogP contribution in [-0.2, 0) is 4.79 Å². The Morgan fingerprint density at radius 2 is 1.79 bits per heavy atom. The first-order chi connectivity index (χ1) is 18.3. The molecule has 0 spiro atoms. The van der Waals surface area contributed by atoms with Crippen molar-refractivity contribution in [1.29, 1.82) is 0 Å². The first-order valence-electron chi connectivity index (χ1n) is 11.3. The molecule has 0 atom stereocenters. The van der Waals surface area contributed by atoms with E-state index in [4.69, 9.17) is 11.6 Å². The number of hydrogen-bond donors (Lipinski definition) is 3. The predicted octanol–water partition coefficient (Wildman–Crippen LogP) is 7.17. The number of nitrogens with one attached hydrogen (secondary N) is 2. The maximum absolute atomic E-state index is 14.4. The minimum absolute atomic E-state index is 0.0246. The fourth-order valence-electron chi connectivity index (χ4n) is 4.05. The number of aromatic amines is 1. The minimum atomic E-state index is -1.37. The standard InChI is InChI=1S/C29H18ClF2N3O3/c30-18-7-5-17-6-9-20(33-24(17)13-18)8-4-16-2-1-3-21(12-16)34-26(36)11-10-22-27-23(32)14-19(31)15-25(27)35-28(22)29(37)38/h1-15,35H,(H,34,36)(H,37,38)/b8-4+,11-10+. The number of fused-ring (bicyclic) bond motifs is 2. The maximum Gasteiger partial charge on any atom is 0.352 e. The Morgan fingerprint density at radius 1 is 0.974 bits per heavy atom. The number of aromatic carboxylic acids is 1. The fourth-order valence-corrected chi connectivity index (χ4v) is 4.22. The summed E-state index contributed by atoms with van der Waals surface area (Å²) in [6, 6.07) is 18.0. The Kier molecular flexibility index (Phi) is 6.72. The van der Waals surface area contributed by atoms with Crippen molar-refractivity contribution < 1.29 is 23.5 Å². The maximum atomic E-state index is 14.4. The number of rotatable bonds is 6. The summed E-state index contributed by atoms with van der Waals surface area (Å²) in [6.45, 7) is 0. The van der Waals surface area contributed by atoms with Gasteiger partial charge in [0.05, 0.1) is 16.7 Å². The molecule has 5 aromatic rings. The Bertz CT molecular complexity index is 1790. The molecule has 0 bridgehead atoms. The van der Waals surface area contributed by atoms with Crippen LogP contribution in [0.3, 0.4) is 0 Å². The number of carboxylic acids is 1. The molecular formula is C29H18ClF2N3O3. The molecule has 0 saturated heterocycles. The van der Waals surface area contributed by atoms with Gasteiger partial charge in [-0.3, -0.25) is 4.79 Å². The summed E-state index contributed by atoms with van der Waals surface area (Å²) in [5.74, 6) is -3.72. The molecule has 5 rings (SSSR count). The molecule has 0 aliphatic carbocycles. The number of H-pyrrole nitrogens is 1. The smallest absolute Gasteiger partial charge is 0.352 e. The lowest BCUT2D eigenvalue weighted by Crippen LogP contribution is -2.08. The third-order valence-electron chi connectivity index (χ3n) is 5.74. The van der Waals surface area contributed by atoms with Crippen LogP contribution in [0.25, 0.3) is 40.0 Å². The molecule has 0 aliphatic rings. The van der Waals surface area contributed by atoms with Crippen LogP contribution in [0.15, 0.2) is 72.8 Å². The lowest BCUT2D eigenvalue weighted by atomic mass is 10.1. The van der Waals surface area contributed by atoms with Gasteiger partial charge >= 0.3 is 5.97 Å². The van der Waals surface area contributed by atoms with Gasteiger partial charge in [-0.2, -0.15) is 0 Å². The summed E-state index contributed by atoms with van der Waals surface area (Å²) in [4.78, 5) is 31.2. The average Bonchev–Trinajstić information content (AvgIpc) is 3.25. The molecule has 0 fully saturated rings. The normalized spacial score (nSPS) is 11.7. The Morgan fingerprint density at radius 3 is 2.61 bits per heavy atom. The second-order valence-electron chi connectivity index (χ2n) is 8.38. The number of pyridine rings is 1. The van der Waals surface area contributed by atoms with Gasteiger partial charge in [0.1, 0.15) is 17.3 Å². The lowest BCUT2D eigenvalue weighted by molar-refractivity contribution is -0.111. The zero-order chi connectivity index (χ0) is 26.8. The molecule has 0 aliphatic heterocycles. The Balaban J connectivity index is 1.34. The quantitative estimate of drug-likeness (QED) is 0.203. The monoisotopic (exact) mass is 529 g/mol. The number of hydrogen-bond acceptors (Lipinski definition) is 3. The third kappa shape index (κ3) is 5.30. The van der Waals surface area contributed by atoms with E-state index in [1.54, 1.807) is 30.3 Å². The topological polar surface area (TPSA) is 95.1 Å². The summed E-state index contributed by atoms with van der Waals surface area (Å²) < 4.78 is 27.9. The zero-order valence-electron chi connectivity index (χ0n) is 19.5. The van der Waals surface area contributed by atoms with Crippen molar-refractivity contribution in [3.63, 3.8) is 0 Å². The van der Waals surface area contributed by atoms with Crippen molar-refractivity contribution in [1.82, 2.24) is 9.97 Å². The molecule has 38 heavy (non-hydrogen) atoms. The molecule has 3 N–H and O–H groups in total. The second kappa shape index (κ2) is 10.3. The van der Waals surface area contributed by atoms with Gasteiger partial charge in [0, 0.05) is 39.2 Å². The van der Waals surface area contributed by atoms with Crippen LogP contribution >= 0.6 is 11.6 Å². The van der Waals surface area contributed by atoms with Crippen LogP contribution in [-0.4, -0.2) is 27.0 Å². The molecule has 1 amide bonds. The van der Waals surface area contributed by atoms with Gasteiger partial charge in [-0.1, -0.05) is 41.9 Å². The van der Waals surface area contributed by atoms with Gasteiger partial charge in [0.2, 0.25) is 5.91 Å². The van der Waals surface area contributed by atoms with E-state index in [1.807, 2.05) is 36.4 Å². The predicted molar refractivity (Wildman–Crippen MR) is 145 cm³/mol. The van der Waals surface area contributed by atoms with E-state index in [0.717, 1.165) is 34.3 Å². The SMILES string of the molecule is O=C(/C=C/c1c(C(=O)O)[nH]c2cc(F)cc(F)c12)Nc1cccc(/C=C/c2ccc3ccc(Cl)cc3n2)c1. The lowest BCUT2D eigenvalue weighted by Gasteiger charge is -2.04. The number of carbonyl (C=O) groups is 2. The molecule has 2 heterocycles. The highest BCUT2D eigenvalue weighted by Crippen LogP contribution is 2.28. The van der Waals surface area contributed by atoms with Gasteiger partial charge < -0.3 is 15.4 Å². The van der Waals surface area contributed by atoms with E-state index in [0.29, 0.717) is 16.8 Å². The molecular weight excluding hydrogens is 512 g/mol. The molecule has 6 nitrogen and oxygen atoms in total. The largest absolute Gasteiger partial charge is 0.477 e. The highest BCUT2D eigenvalue weighted by molar-refractivity contribution is 6.31. The van der Waals surface area contributed by atoms with Gasteiger partial charge in [-0.05, 0) is 54.1 Å². The summed E-state index contributed by atoms with van der Waals surface area (Å²) in [5.41, 5.74) is 2.35. The number of anilines is 1. The number of amides is 1. The average molecular weight is 530 g/mol. The van der Waals surface area contributed by atoms with E-state index in [-0.39, 0.29) is 22.2 Å². The zero-order valence-corrected chi connectivity index (χ0v) is 20.3. The van der Waals surface area contributed by atoms with Crippen LogP contribution in [0, 0.1) is 11.6 Å². The molecule has 9 heteroatoms. The van der Waals surface area contributed by atoms with Gasteiger partial charge in [-0.15, -0.1) is 0 Å². The Hall–Kier alpha value is -4.82. The van der Waals surface area contributed by atoms with Crippen LogP contribution in [0.5, 0.6) is 0 Å². The molecule has 2 aromatic heterocycles. The van der Waals surface area contributed by atoms with E-state index < -0.39 is 23.5 Å². The first-order valence-corrected chi connectivity index (χ1v) is 11.7. The van der Waals surface area contributed by atoms with Crippen molar-refractivity contribution in [3.05, 3.63) is 112 Å². The van der Waals surface area contributed by atoms with Crippen LogP contribution in [0.4, 0.5) is 14.5 Å². The Labute approximate surface area is 219 Å². The van der Waals surface area contributed by atoms with E-state index in [2.05, 4.69) is 15.3 Å².